The number of carbonyl (C=O) groups is 1. The predicted molar refractivity (Wildman–Crippen MR) is 79.1 cm³/mol. The van der Waals surface area contributed by atoms with Crippen LogP contribution in [0.2, 0.25) is 0 Å². The van der Waals surface area contributed by atoms with E-state index in [9.17, 15) is 4.79 Å². The van der Waals surface area contributed by atoms with Gasteiger partial charge in [-0.3, -0.25) is 9.69 Å². The molecule has 1 atom stereocenters. The minimum absolute atomic E-state index is 0.241. The molecule has 1 aromatic rings. The van der Waals surface area contributed by atoms with Crippen molar-refractivity contribution in [1.29, 1.82) is 0 Å². The first-order valence-corrected chi connectivity index (χ1v) is 7.82. The van der Waals surface area contributed by atoms with E-state index in [1.54, 1.807) is 0 Å². The summed E-state index contributed by atoms with van der Waals surface area (Å²) in [4.78, 5) is 24.4. The zero-order valence-electron chi connectivity index (χ0n) is 12.7. The van der Waals surface area contributed by atoms with Crippen molar-refractivity contribution in [2.75, 3.05) is 45.9 Å². The summed E-state index contributed by atoms with van der Waals surface area (Å²) >= 11 is 0. The molecule has 0 radical (unpaired) electrons. The summed E-state index contributed by atoms with van der Waals surface area (Å²) in [5.41, 5.74) is 1.08. The first-order chi connectivity index (χ1) is 10.2. The highest BCUT2D eigenvalue weighted by atomic mass is 16.5. The molecule has 0 spiro atoms. The molecule has 2 fully saturated rings. The van der Waals surface area contributed by atoms with Gasteiger partial charge in [0.15, 0.2) is 0 Å². The van der Waals surface area contributed by atoms with E-state index in [0.717, 1.165) is 63.8 Å². The van der Waals surface area contributed by atoms with Crippen LogP contribution in [0.25, 0.3) is 0 Å². The van der Waals surface area contributed by atoms with Gasteiger partial charge in [-0.2, -0.15) is 0 Å². The monoisotopic (exact) mass is 292 g/mol. The molecule has 2 aliphatic rings. The third kappa shape index (κ3) is 3.63. The minimum atomic E-state index is 0.241. The first kappa shape index (κ1) is 14.5. The molecule has 0 aliphatic carbocycles. The molecule has 2 saturated heterocycles. The van der Waals surface area contributed by atoms with Crippen molar-refractivity contribution in [2.24, 2.45) is 0 Å². The number of aromatic amines is 1. The number of likely N-dealkylation sites (tertiary alicyclic amines) is 1. The average molecular weight is 292 g/mol. The largest absolute Gasteiger partial charge is 0.379 e. The number of amides is 1. The summed E-state index contributed by atoms with van der Waals surface area (Å²) in [5.74, 6) is 1.61. The van der Waals surface area contributed by atoms with Gasteiger partial charge in [-0.15, -0.1) is 0 Å². The smallest absolute Gasteiger partial charge is 0.236 e. The second-order valence-corrected chi connectivity index (χ2v) is 6.02. The molecule has 1 N–H and O–H groups in total. The number of H-pyrrole nitrogens is 1. The molecular weight excluding hydrogens is 268 g/mol. The van der Waals surface area contributed by atoms with E-state index in [-0.39, 0.29) is 5.91 Å². The van der Waals surface area contributed by atoms with Crippen LogP contribution >= 0.6 is 0 Å². The van der Waals surface area contributed by atoms with Crippen molar-refractivity contribution in [3.05, 3.63) is 17.7 Å². The molecule has 0 aromatic carbocycles. The van der Waals surface area contributed by atoms with Gasteiger partial charge in [0.2, 0.25) is 5.91 Å². The Morgan fingerprint density at radius 3 is 2.95 bits per heavy atom. The number of nitrogens with zero attached hydrogens (tertiary/aromatic N) is 3. The summed E-state index contributed by atoms with van der Waals surface area (Å²) in [6.45, 7) is 7.40. The number of nitrogens with one attached hydrogen (secondary N) is 1. The van der Waals surface area contributed by atoms with E-state index in [4.69, 9.17) is 4.74 Å². The van der Waals surface area contributed by atoms with E-state index in [2.05, 4.69) is 14.9 Å². The van der Waals surface area contributed by atoms with Crippen LogP contribution in [0.1, 0.15) is 30.3 Å². The second-order valence-electron chi connectivity index (χ2n) is 6.02. The van der Waals surface area contributed by atoms with Gasteiger partial charge in [-0.25, -0.2) is 4.98 Å². The van der Waals surface area contributed by atoms with Gasteiger partial charge < -0.3 is 14.6 Å². The molecule has 3 heterocycles. The van der Waals surface area contributed by atoms with Crippen LogP contribution in [-0.2, 0) is 9.53 Å². The Morgan fingerprint density at radius 2 is 2.24 bits per heavy atom. The van der Waals surface area contributed by atoms with Crippen molar-refractivity contribution in [2.45, 2.75) is 25.7 Å². The fraction of sp³-hybridized carbons (Fsp3) is 0.733. The van der Waals surface area contributed by atoms with Crippen molar-refractivity contribution in [3.8, 4) is 0 Å². The molecule has 6 heteroatoms. The number of morpholine rings is 1. The predicted octanol–water partition coefficient (Wildman–Crippen LogP) is 0.756. The Labute approximate surface area is 125 Å². The number of hydrogen-bond donors (Lipinski definition) is 1. The zero-order chi connectivity index (χ0) is 14.7. The minimum Gasteiger partial charge on any atom is -0.379 e. The van der Waals surface area contributed by atoms with Crippen LogP contribution in [0.15, 0.2) is 6.20 Å². The topological polar surface area (TPSA) is 61.5 Å². The zero-order valence-corrected chi connectivity index (χ0v) is 12.7. The van der Waals surface area contributed by atoms with E-state index in [1.807, 2.05) is 18.0 Å². The lowest BCUT2D eigenvalue weighted by molar-refractivity contribution is -0.134. The number of hydrogen-bond acceptors (Lipinski definition) is 4. The number of piperidine rings is 1. The number of aromatic nitrogens is 2. The molecule has 3 rings (SSSR count). The Morgan fingerprint density at radius 1 is 1.43 bits per heavy atom. The lowest BCUT2D eigenvalue weighted by Gasteiger charge is -2.34. The standard InChI is InChI=1S/C15H24N4O2/c1-12-9-16-15(17-12)13-3-2-4-19(10-13)14(20)11-18-5-7-21-8-6-18/h9,13H,2-8,10-11H2,1H3,(H,16,17). The van der Waals surface area contributed by atoms with E-state index >= 15 is 0 Å². The van der Waals surface area contributed by atoms with Crippen LogP contribution < -0.4 is 0 Å². The fourth-order valence-corrected chi connectivity index (χ4v) is 3.12. The number of aryl methyl sites for hydroxylation is 1. The van der Waals surface area contributed by atoms with Crippen molar-refractivity contribution < 1.29 is 9.53 Å². The van der Waals surface area contributed by atoms with Gasteiger partial charge in [0.1, 0.15) is 5.82 Å². The van der Waals surface area contributed by atoms with Crippen molar-refractivity contribution in [3.63, 3.8) is 0 Å². The van der Waals surface area contributed by atoms with Crippen LogP contribution in [0, 0.1) is 6.92 Å². The van der Waals surface area contributed by atoms with Gasteiger partial charge in [0.25, 0.3) is 0 Å². The Bertz CT molecular complexity index is 482. The highest BCUT2D eigenvalue weighted by Crippen LogP contribution is 2.24. The van der Waals surface area contributed by atoms with Crippen LogP contribution in [-0.4, -0.2) is 71.6 Å². The fourth-order valence-electron chi connectivity index (χ4n) is 3.12. The van der Waals surface area contributed by atoms with Crippen LogP contribution in [0.3, 0.4) is 0 Å². The summed E-state index contributed by atoms with van der Waals surface area (Å²) in [7, 11) is 0. The van der Waals surface area contributed by atoms with E-state index in [1.165, 1.54) is 0 Å². The van der Waals surface area contributed by atoms with Gasteiger partial charge in [0.05, 0.1) is 19.8 Å². The quantitative estimate of drug-likeness (QED) is 0.893. The van der Waals surface area contributed by atoms with E-state index < -0.39 is 0 Å². The summed E-state index contributed by atoms with van der Waals surface area (Å²) in [6, 6.07) is 0. The van der Waals surface area contributed by atoms with Gasteiger partial charge >= 0.3 is 0 Å². The van der Waals surface area contributed by atoms with Gasteiger partial charge in [-0.05, 0) is 19.8 Å². The maximum absolute atomic E-state index is 12.5. The Hall–Kier alpha value is -1.40. The summed E-state index contributed by atoms with van der Waals surface area (Å²) in [6.07, 6.45) is 4.03. The third-order valence-electron chi connectivity index (χ3n) is 4.35. The van der Waals surface area contributed by atoms with Crippen molar-refractivity contribution >= 4 is 5.91 Å². The number of rotatable bonds is 3. The van der Waals surface area contributed by atoms with Crippen molar-refractivity contribution in [1.82, 2.24) is 19.8 Å². The molecule has 116 valence electrons. The second kappa shape index (κ2) is 6.58. The third-order valence-corrected chi connectivity index (χ3v) is 4.35. The number of ether oxygens (including phenoxy) is 1. The SMILES string of the molecule is Cc1cnc(C2CCCN(C(=O)CN3CCOCC3)C2)[nH]1. The first-order valence-electron chi connectivity index (χ1n) is 7.82. The number of imidazole rings is 1. The molecule has 1 unspecified atom stereocenters. The molecule has 0 bridgehead atoms. The van der Waals surface area contributed by atoms with E-state index in [0.29, 0.717) is 12.5 Å². The molecule has 2 aliphatic heterocycles. The molecule has 1 aromatic heterocycles. The van der Waals surface area contributed by atoms with Crippen LogP contribution in [0.5, 0.6) is 0 Å². The molecule has 6 nitrogen and oxygen atoms in total. The highest BCUT2D eigenvalue weighted by Gasteiger charge is 2.27. The molecular formula is C15H24N4O2. The Kier molecular flexibility index (Phi) is 4.55. The normalized spacial score (nSPS) is 24.2. The number of carbonyl (C=O) groups excluding carboxylic acids is 1. The molecule has 21 heavy (non-hydrogen) atoms. The lowest BCUT2D eigenvalue weighted by Crippen LogP contribution is -2.47. The maximum atomic E-state index is 12.5. The summed E-state index contributed by atoms with van der Waals surface area (Å²) in [5, 5.41) is 0. The molecule has 1 amide bonds. The molecule has 0 saturated carbocycles. The highest BCUT2D eigenvalue weighted by molar-refractivity contribution is 5.78. The summed E-state index contributed by atoms with van der Waals surface area (Å²) < 4.78 is 5.32. The van der Waals surface area contributed by atoms with Gasteiger partial charge in [0, 0.05) is 44.0 Å². The Balaban J connectivity index is 1.56. The average Bonchev–Trinajstić information content (AvgIpc) is 2.95. The van der Waals surface area contributed by atoms with Crippen LogP contribution in [0.4, 0.5) is 0 Å². The lowest BCUT2D eigenvalue weighted by atomic mass is 9.97. The van der Waals surface area contributed by atoms with Gasteiger partial charge in [-0.1, -0.05) is 0 Å². The maximum Gasteiger partial charge on any atom is 0.236 e.